The van der Waals surface area contributed by atoms with Gasteiger partial charge in [0, 0.05) is 43.4 Å². The number of nitrogens with zero attached hydrogens (tertiary/aromatic N) is 7. The van der Waals surface area contributed by atoms with Crippen LogP contribution in [0.1, 0.15) is 22.5 Å². The Morgan fingerprint density at radius 1 is 0.742 bits per heavy atom. The van der Waals surface area contributed by atoms with Gasteiger partial charge in [0.15, 0.2) is 0 Å². The van der Waals surface area contributed by atoms with Gasteiger partial charge in [0.05, 0.1) is 0 Å². The summed E-state index contributed by atoms with van der Waals surface area (Å²) >= 11 is 3.08. The molecule has 0 aliphatic carbocycles. The highest BCUT2D eigenvalue weighted by atomic mass is 32.1. The SMILES string of the molecule is Cc1ccccc1CN(Cc1cccn1-c1nncs1)Cc1cccn1-c1nncs1. The predicted molar refractivity (Wildman–Crippen MR) is 123 cm³/mol. The van der Waals surface area contributed by atoms with Crippen LogP contribution < -0.4 is 0 Å². The van der Waals surface area contributed by atoms with Crippen LogP contribution in [0.25, 0.3) is 10.3 Å². The van der Waals surface area contributed by atoms with Crippen molar-refractivity contribution >= 4 is 22.7 Å². The molecule has 9 heteroatoms. The van der Waals surface area contributed by atoms with Crippen LogP contribution in [-0.4, -0.2) is 34.4 Å². The van der Waals surface area contributed by atoms with Gasteiger partial charge in [0.1, 0.15) is 11.0 Å². The molecular weight excluding hydrogens is 426 g/mol. The molecule has 0 fully saturated rings. The van der Waals surface area contributed by atoms with Crippen molar-refractivity contribution < 1.29 is 0 Å². The summed E-state index contributed by atoms with van der Waals surface area (Å²) in [6.07, 6.45) is 4.09. The van der Waals surface area contributed by atoms with Crippen molar-refractivity contribution in [1.82, 2.24) is 34.4 Å². The van der Waals surface area contributed by atoms with E-state index in [4.69, 9.17) is 0 Å². The van der Waals surface area contributed by atoms with Crippen molar-refractivity contribution in [3.05, 3.63) is 94.5 Å². The molecule has 0 amide bonds. The second-order valence-electron chi connectivity index (χ2n) is 7.25. The molecule has 0 saturated carbocycles. The summed E-state index contributed by atoms with van der Waals surface area (Å²) in [7, 11) is 0. The molecule has 0 atom stereocenters. The average Bonchev–Trinajstić information content (AvgIpc) is 3.56. The molecule has 4 heterocycles. The number of rotatable bonds is 8. The van der Waals surface area contributed by atoms with E-state index >= 15 is 0 Å². The normalized spacial score (nSPS) is 11.4. The van der Waals surface area contributed by atoms with Crippen LogP contribution in [0.3, 0.4) is 0 Å². The second kappa shape index (κ2) is 8.93. The molecule has 4 aromatic heterocycles. The van der Waals surface area contributed by atoms with Crippen molar-refractivity contribution in [2.75, 3.05) is 0 Å². The molecule has 1 aromatic carbocycles. The van der Waals surface area contributed by atoms with E-state index in [9.17, 15) is 0 Å². The van der Waals surface area contributed by atoms with Crippen LogP contribution in [-0.2, 0) is 19.6 Å². The van der Waals surface area contributed by atoms with Crippen molar-refractivity contribution in [2.24, 2.45) is 0 Å². The van der Waals surface area contributed by atoms with Crippen LogP contribution in [0.5, 0.6) is 0 Å². The summed E-state index contributed by atoms with van der Waals surface area (Å²) in [4.78, 5) is 2.45. The van der Waals surface area contributed by atoms with Gasteiger partial charge in [-0.25, -0.2) is 0 Å². The molecule has 0 bridgehead atoms. The van der Waals surface area contributed by atoms with Gasteiger partial charge in [0.25, 0.3) is 0 Å². The number of aryl methyl sites for hydroxylation is 1. The highest BCUT2D eigenvalue weighted by molar-refractivity contribution is 7.12. The summed E-state index contributed by atoms with van der Waals surface area (Å²) in [6.45, 7) is 4.57. The van der Waals surface area contributed by atoms with Crippen LogP contribution >= 0.6 is 22.7 Å². The minimum atomic E-state index is 0.780. The molecular formula is C22H21N7S2. The van der Waals surface area contributed by atoms with E-state index in [1.165, 1.54) is 45.2 Å². The standard InChI is InChI=1S/C22H21N7S2/c1-17-6-2-3-7-18(17)12-27(13-19-8-4-10-28(19)21-25-23-15-30-21)14-20-9-5-11-29(20)22-26-24-16-31-22/h2-11,15-16H,12-14H2,1H3. The number of aromatic nitrogens is 6. The quantitative estimate of drug-likeness (QED) is 0.351. The van der Waals surface area contributed by atoms with E-state index in [1.807, 2.05) is 12.4 Å². The van der Waals surface area contributed by atoms with Crippen LogP contribution in [0, 0.1) is 6.92 Å². The molecule has 31 heavy (non-hydrogen) atoms. The highest BCUT2D eigenvalue weighted by Crippen LogP contribution is 2.21. The predicted octanol–water partition coefficient (Wildman–Crippen LogP) is 4.48. The first-order chi connectivity index (χ1) is 15.3. The molecule has 0 radical (unpaired) electrons. The van der Waals surface area contributed by atoms with E-state index in [0.29, 0.717) is 0 Å². The maximum Gasteiger partial charge on any atom is 0.216 e. The summed E-state index contributed by atoms with van der Waals surface area (Å²) in [5, 5.41) is 18.2. The molecule has 156 valence electrons. The van der Waals surface area contributed by atoms with E-state index in [2.05, 4.69) is 89.9 Å². The van der Waals surface area contributed by atoms with E-state index in [1.54, 1.807) is 11.0 Å². The first-order valence-electron chi connectivity index (χ1n) is 9.90. The van der Waals surface area contributed by atoms with Gasteiger partial charge in [-0.2, -0.15) is 0 Å². The van der Waals surface area contributed by atoms with Crippen LogP contribution in [0.15, 0.2) is 71.9 Å². The lowest BCUT2D eigenvalue weighted by Crippen LogP contribution is -2.25. The smallest absolute Gasteiger partial charge is 0.216 e. The molecule has 7 nitrogen and oxygen atoms in total. The van der Waals surface area contributed by atoms with Crippen molar-refractivity contribution in [3.8, 4) is 10.3 Å². The molecule has 5 aromatic rings. The van der Waals surface area contributed by atoms with Crippen molar-refractivity contribution in [1.29, 1.82) is 0 Å². The maximum atomic E-state index is 4.24. The Balaban J connectivity index is 1.46. The zero-order valence-electron chi connectivity index (χ0n) is 17.0. The minimum absolute atomic E-state index is 0.780. The minimum Gasteiger partial charge on any atom is -0.294 e. The number of hydrogen-bond acceptors (Lipinski definition) is 7. The number of benzene rings is 1. The van der Waals surface area contributed by atoms with Gasteiger partial charge in [-0.15, -0.1) is 20.4 Å². The van der Waals surface area contributed by atoms with Gasteiger partial charge in [-0.05, 0) is 42.3 Å². The fraction of sp³-hybridized carbons (Fsp3) is 0.182. The lowest BCUT2D eigenvalue weighted by Gasteiger charge is -2.24. The largest absolute Gasteiger partial charge is 0.294 e. The molecule has 5 rings (SSSR count). The third-order valence-electron chi connectivity index (χ3n) is 5.20. The maximum absolute atomic E-state index is 4.24. The van der Waals surface area contributed by atoms with Crippen molar-refractivity contribution in [2.45, 2.75) is 26.6 Å². The molecule has 0 aliphatic rings. The summed E-state index contributed by atoms with van der Waals surface area (Å²) < 4.78 is 4.23. The Morgan fingerprint density at radius 3 is 1.84 bits per heavy atom. The Morgan fingerprint density at radius 2 is 1.32 bits per heavy atom. The van der Waals surface area contributed by atoms with Gasteiger partial charge in [0.2, 0.25) is 10.3 Å². The molecule has 0 N–H and O–H groups in total. The lowest BCUT2D eigenvalue weighted by atomic mass is 10.1. The Kier molecular flexibility index (Phi) is 5.70. The van der Waals surface area contributed by atoms with E-state index in [0.717, 1.165) is 29.9 Å². The average molecular weight is 448 g/mol. The molecule has 0 unspecified atom stereocenters. The van der Waals surface area contributed by atoms with E-state index < -0.39 is 0 Å². The van der Waals surface area contributed by atoms with E-state index in [-0.39, 0.29) is 0 Å². The van der Waals surface area contributed by atoms with Gasteiger partial charge < -0.3 is 0 Å². The summed E-state index contributed by atoms with van der Waals surface area (Å²) in [5.74, 6) is 0. The molecule has 0 aliphatic heterocycles. The Bertz CT molecular complexity index is 1160. The van der Waals surface area contributed by atoms with Gasteiger partial charge >= 0.3 is 0 Å². The fourth-order valence-corrected chi connectivity index (χ4v) is 4.81. The Labute approximate surface area is 188 Å². The fourth-order valence-electron chi connectivity index (χ4n) is 3.66. The van der Waals surface area contributed by atoms with Crippen LogP contribution in [0.4, 0.5) is 0 Å². The first-order valence-corrected chi connectivity index (χ1v) is 11.7. The molecule has 0 spiro atoms. The van der Waals surface area contributed by atoms with Crippen molar-refractivity contribution in [3.63, 3.8) is 0 Å². The summed E-state index contributed by atoms with van der Waals surface area (Å²) in [5.41, 5.74) is 8.51. The first kappa shape index (κ1) is 19.8. The third kappa shape index (κ3) is 4.34. The third-order valence-corrected chi connectivity index (χ3v) is 6.58. The highest BCUT2D eigenvalue weighted by Gasteiger charge is 2.16. The van der Waals surface area contributed by atoms with Gasteiger partial charge in [-0.3, -0.25) is 14.0 Å². The topological polar surface area (TPSA) is 64.7 Å². The lowest BCUT2D eigenvalue weighted by molar-refractivity contribution is 0.238. The summed E-state index contributed by atoms with van der Waals surface area (Å²) in [6, 6.07) is 17.0. The number of hydrogen-bond donors (Lipinski definition) is 0. The molecule has 0 saturated heterocycles. The van der Waals surface area contributed by atoms with Gasteiger partial charge in [-0.1, -0.05) is 46.9 Å². The Hall–Kier alpha value is -3.14. The zero-order valence-corrected chi connectivity index (χ0v) is 18.6. The second-order valence-corrected chi connectivity index (χ2v) is 8.88. The van der Waals surface area contributed by atoms with Crippen LogP contribution in [0.2, 0.25) is 0 Å². The zero-order chi connectivity index (χ0) is 21.0. The monoisotopic (exact) mass is 447 g/mol.